The molecule has 1 unspecified atom stereocenters. The van der Waals surface area contributed by atoms with E-state index in [0.717, 1.165) is 22.5 Å². The highest BCUT2D eigenvalue weighted by Gasteiger charge is 2.23. The zero-order chi connectivity index (χ0) is 19.8. The summed E-state index contributed by atoms with van der Waals surface area (Å²) in [5, 5.41) is 2.36. The van der Waals surface area contributed by atoms with Gasteiger partial charge in [-0.05, 0) is 47.0 Å². The standard InChI is InChI=1S/C25H22N2O2/c1-28-17-9-11-23-20(12-17)22(15-26-23)25(16-6-4-3-5-7-16)21-14-27-24-13-18(29-2)8-10-19(21)24/h3-15,25-27H,1-2H3. The number of hydrogen-bond donors (Lipinski definition) is 2. The van der Waals surface area contributed by atoms with Crippen molar-refractivity contribution >= 4 is 21.8 Å². The Balaban J connectivity index is 1.76. The molecule has 3 aromatic carbocycles. The van der Waals surface area contributed by atoms with E-state index >= 15 is 0 Å². The molecule has 4 heteroatoms. The number of rotatable bonds is 5. The summed E-state index contributed by atoms with van der Waals surface area (Å²) in [7, 11) is 3.40. The van der Waals surface area contributed by atoms with Crippen LogP contribution < -0.4 is 9.47 Å². The Labute approximate surface area is 169 Å². The third kappa shape index (κ3) is 2.93. The highest BCUT2D eigenvalue weighted by Crippen LogP contribution is 2.40. The van der Waals surface area contributed by atoms with E-state index in [4.69, 9.17) is 9.47 Å². The van der Waals surface area contributed by atoms with Gasteiger partial charge in [-0.2, -0.15) is 0 Å². The molecule has 29 heavy (non-hydrogen) atoms. The number of fused-ring (bicyclic) bond motifs is 2. The zero-order valence-corrected chi connectivity index (χ0v) is 16.4. The quantitative estimate of drug-likeness (QED) is 0.401. The molecule has 0 aliphatic heterocycles. The van der Waals surface area contributed by atoms with Crippen LogP contribution in [0.1, 0.15) is 22.6 Å². The maximum absolute atomic E-state index is 5.48. The van der Waals surface area contributed by atoms with Crippen molar-refractivity contribution in [3.8, 4) is 11.5 Å². The zero-order valence-electron chi connectivity index (χ0n) is 16.4. The lowest BCUT2D eigenvalue weighted by atomic mass is 9.85. The fourth-order valence-electron chi connectivity index (χ4n) is 4.15. The van der Waals surface area contributed by atoms with Crippen LogP contribution in [-0.4, -0.2) is 24.2 Å². The smallest absolute Gasteiger partial charge is 0.120 e. The van der Waals surface area contributed by atoms with E-state index in [1.807, 2.05) is 18.2 Å². The lowest BCUT2D eigenvalue weighted by Gasteiger charge is -2.17. The molecule has 5 aromatic rings. The van der Waals surface area contributed by atoms with Crippen LogP contribution in [-0.2, 0) is 0 Å². The number of benzene rings is 3. The van der Waals surface area contributed by atoms with Crippen molar-refractivity contribution < 1.29 is 9.47 Å². The van der Waals surface area contributed by atoms with Crippen LogP contribution in [0.3, 0.4) is 0 Å². The second-order valence-electron chi connectivity index (χ2n) is 7.15. The first kappa shape index (κ1) is 17.4. The van der Waals surface area contributed by atoms with Crippen molar-refractivity contribution in [1.29, 1.82) is 0 Å². The van der Waals surface area contributed by atoms with E-state index in [2.05, 4.69) is 70.9 Å². The first-order valence-electron chi connectivity index (χ1n) is 9.63. The molecule has 0 radical (unpaired) electrons. The summed E-state index contributed by atoms with van der Waals surface area (Å²) in [4.78, 5) is 6.86. The molecular weight excluding hydrogens is 360 g/mol. The van der Waals surface area contributed by atoms with Crippen molar-refractivity contribution in [2.75, 3.05) is 14.2 Å². The van der Waals surface area contributed by atoms with E-state index < -0.39 is 0 Å². The van der Waals surface area contributed by atoms with Gasteiger partial charge in [0, 0.05) is 46.2 Å². The van der Waals surface area contributed by atoms with Gasteiger partial charge in [0.25, 0.3) is 0 Å². The SMILES string of the molecule is COc1ccc2c(C(c3ccccc3)c3c[nH]c4ccc(OC)cc34)c[nH]c2c1. The number of aromatic nitrogens is 2. The predicted octanol–water partition coefficient (Wildman–Crippen LogP) is 5.85. The van der Waals surface area contributed by atoms with E-state index in [1.165, 1.54) is 27.5 Å². The van der Waals surface area contributed by atoms with Crippen molar-refractivity contribution in [3.63, 3.8) is 0 Å². The molecule has 0 saturated carbocycles. The Hall–Kier alpha value is -3.66. The number of hydrogen-bond acceptors (Lipinski definition) is 2. The maximum atomic E-state index is 5.48. The number of ether oxygens (including phenoxy) is 2. The van der Waals surface area contributed by atoms with Gasteiger partial charge in [-0.1, -0.05) is 30.3 Å². The van der Waals surface area contributed by atoms with Crippen LogP contribution in [0.15, 0.2) is 79.1 Å². The highest BCUT2D eigenvalue weighted by atomic mass is 16.5. The third-order valence-electron chi connectivity index (χ3n) is 5.60. The Kier molecular flexibility index (Phi) is 4.24. The lowest BCUT2D eigenvalue weighted by Crippen LogP contribution is -2.02. The molecule has 2 aromatic heterocycles. The minimum Gasteiger partial charge on any atom is -0.497 e. The molecule has 1 atom stereocenters. The monoisotopic (exact) mass is 382 g/mol. The van der Waals surface area contributed by atoms with E-state index in [-0.39, 0.29) is 5.92 Å². The molecule has 0 aliphatic rings. The van der Waals surface area contributed by atoms with E-state index in [1.54, 1.807) is 14.2 Å². The lowest BCUT2D eigenvalue weighted by molar-refractivity contribution is 0.415. The highest BCUT2D eigenvalue weighted by molar-refractivity contribution is 5.90. The second kappa shape index (κ2) is 7.06. The van der Waals surface area contributed by atoms with E-state index in [9.17, 15) is 0 Å². The van der Waals surface area contributed by atoms with Gasteiger partial charge in [0.05, 0.1) is 14.2 Å². The van der Waals surface area contributed by atoms with E-state index in [0.29, 0.717) is 0 Å². The van der Waals surface area contributed by atoms with Crippen LogP contribution in [0.5, 0.6) is 11.5 Å². The van der Waals surface area contributed by atoms with Crippen LogP contribution >= 0.6 is 0 Å². The fraction of sp³-hybridized carbons (Fsp3) is 0.120. The Morgan fingerprint density at radius 3 is 2.07 bits per heavy atom. The van der Waals surface area contributed by atoms with Crippen molar-refractivity contribution in [2.45, 2.75) is 5.92 Å². The van der Waals surface area contributed by atoms with Gasteiger partial charge in [0.1, 0.15) is 11.5 Å². The van der Waals surface area contributed by atoms with Gasteiger partial charge in [-0.25, -0.2) is 0 Å². The molecule has 0 aliphatic carbocycles. The van der Waals surface area contributed by atoms with Crippen LogP contribution in [0.2, 0.25) is 0 Å². The molecule has 5 rings (SSSR count). The van der Waals surface area contributed by atoms with Gasteiger partial charge in [0.2, 0.25) is 0 Å². The van der Waals surface area contributed by atoms with Crippen molar-refractivity contribution in [2.24, 2.45) is 0 Å². The summed E-state index contributed by atoms with van der Waals surface area (Å²) in [6.07, 6.45) is 4.23. The molecule has 0 spiro atoms. The largest absolute Gasteiger partial charge is 0.497 e. The van der Waals surface area contributed by atoms with Gasteiger partial charge >= 0.3 is 0 Å². The molecule has 4 nitrogen and oxygen atoms in total. The summed E-state index contributed by atoms with van der Waals surface area (Å²) >= 11 is 0. The number of nitrogens with one attached hydrogen (secondary N) is 2. The second-order valence-corrected chi connectivity index (χ2v) is 7.15. The Bertz CT molecular complexity index is 1280. The van der Waals surface area contributed by atoms with Gasteiger partial charge < -0.3 is 19.4 Å². The molecular formula is C25H22N2O2. The Morgan fingerprint density at radius 1 is 0.655 bits per heavy atom. The third-order valence-corrected chi connectivity index (χ3v) is 5.60. The molecule has 0 fully saturated rings. The summed E-state index contributed by atoms with van der Waals surface area (Å²) in [6.45, 7) is 0. The number of aromatic amines is 2. The summed E-state index contributed by atoms with van der Waals surface area (Å²) in [5.41, 5.74) is 5.87. The molecule has 0 bridgehead atoms. The minimum absolute atomic E-state index is 0.0826. The van der Waals surface area contributed by atoms with Crippen LogP contribution in [0.4, 0.5) is 0 Å². The average Bonchev–Trinajstić information content (AvgIpc) is 3.39. The summed E-state index contributed by atoms with van der Waals surface area (Å²) < 4.78 is 10.9. The summed E-state index contributed by atoms with van der Waals surface area (Å²) in [5.74, 6) is 1.78. The van der Waals surface area contributed by atoms with Gasteiger partial charge in [-0.3, -0.25) is 0 Å². The summed E-state index contributed by atoms with van der Waals surface area (Å²) in [6, 6.07) is 23.0. The number of H-pyrrole nitrogens is 2. The molecule has 2 heterocycles. The maximum Gasteiger partial charge on any atom is 0.120 e. The Morgan fingerprint density at radius 2 is 1.31 bits per heavy atom. The minimum atomic E-state index is 0.0826. The number of methoxy groups -OCH3 is 2. The van der Waals surface area contributed by atoms with Gasteiger partial charge in [-0.15, -0.1) is 0 Å². The normalized spacial score (nSPS) is 12.3. The fourth-order valence-corrected chi connectivity index (χ4v) is 4.15. The van der Waals surface area contributed by atoms with Crippen LogP contribution in [0, 0.1) is 0 Å². The average molecular weight is 382 g/mol. The molecule has 0 amide bonds. The van der Waals surface area contributed by atoms with Crippen molar-refractivity contribution in [1.82, 2.24) is 9.97 Å². The first-order valence-corrected chi connectivity index (χ1v) is 9.63. The van der Waals surface area contributed by atoms with Crippen LogP contribution in [0.25, 0.3) is 21.8 Å². The molecule has 144 valence electrons. The first-order chi connectivity index (χ1) is 14.3. The molecule has 0 saturated heterocycles. The van der Waals surface area contributed by atoms with Crippen molar-refractivity contribution in [3.05, 3.63) is 95.8 Å². The predicted molar refractivity (Wildman–Crippen MR) is 117 cm³/mol. The topological polar surface area (TPSA) is 50.0 Å². The molecule has 2 N–H and O–H groups in total. The van der Waals surface area contributed by atoms with Gasteiger partial charge in [0.15, 0.2) is 0 Å².